The highest BCUT2D eigenvalue weighted by atomic mass is 79.9. The third-order valence-electron chi connectivity index (χ3n) is 5.99. The smallest absolute Gasteiger partial charge is 0.170 e. The minimum Gasteiger partial charge on any atom is -0.467 e. The maximum Gasteiger partial charge on any atom is 0.170 e. The number of aryl methyl sites for hydroxylation is 1. The summed E-state index contributed by atoms with van der Waals surface area (Å²) in [6, 6.07) is 20.4. The topological polar surface area (TPSA) is 46.2 Å². The maximum absolute atomic E-state index is 5.80. The van der Waals surface area contributed by atoms with E-state index in [0.717, 1.165) is 21.6 Å². The Hall–Kier alpha value is -2.90. The van der Waals surface area contributed by atoms with Crippen LogP contribution in [0, 0.1) is 13.8 Å². The van der Waals surface area contributed by atoms with E-state index in [9.17, 15) is 0 Å². The van der Waals surface area contributed by atoms with E-state index in [1.54, 1.807) is 6.26 Å². The predicted octanol–water partition coefficient (Wildman–Crippen LogP) is 6.02. The van der Waals surface area contributed by atoms with Crippen molar-refractivity contribution in [2.24, 2.45) is 0 Å². The van der Waals surface area contributed by atoms with Gasteiger partial charge >= 0.3 is 0 Å². The third kappa shape index (κ3) is 3.65. The first kappa shape index (κ1) is 21.0. The summed E-state index contributed by atoms with van der Waals surface area (Å²) in [7, 11) is 0. The Labute approximate surface area is 201 Å². The van der Waals surface area contributed by atoms with Crippen molar-refractivity contribution in [3.05, 3.63) is 106 Å². The van der Waals surface area contributed by atoms with Crippen LogP contribution < -0.4 is 5.32 Å². The molecule has 1 aliphatic rings. The molecule has 5 nitrogen and oxygen atoms in total. The molecule has 0 spiro atoms. The van der Waals surface area contributed by atoms with Crippen LogP contribution in [0.25, 0.3) is 5.69 Å². The Morgan fingerprint density at radius 2 is 1.91 bits per heavy atom. The number of halogens is 1. The molecule has 4 aromatic rings. The molecule has 0 bridgehead atoms. The zero-order chi connectivity index (χ0) is 22.2. The monoisotopic (exact) mass is 506 g/mol. The number of pyridine rings is 1. The lowest BCUT2D eigenvalue weighted by atomic mass is 9.96. The van der Waals surface area contributed by atoms with Gasteiger partial charge in [0.15, 0.2) is 5.11 Å². The number of nitrogens with one attached hydrogen (secondary N) is 1. The molecule has 2 atom stereocenters. The zero-order valence-electron chi connectivity index (χ0n) is 17.8. The molecule has 0 aliphatic carbocycles. The summed E-state index contributed by atoms with van der Waals surface area (Å²) in [6.07, 6.45) is 3.53. The summed E-state index contributed by atoms with van der Waals surface area (Å²) in [5.41, 5.74) is 5.64. The fourth-order valence-electron chi connectivity index (χ4n) is 4.58. The number of thiocarbonyl (C=S) groups is 1. The Morgan fingerprint density at radius 3 is 2.62 bits per heavy atom. The van der Waals surface area contributed by atoms with E-state index < -0.39 is 0 Å². The molecule has 5 rings (SSSR count). The number of furan rings is 1. The highest BCUT2D eigenvalue weighted by Crippen LogP contribution is 2.42. The first-order chi connectivity index (χ1) is 15.5. The molecule has 1 fully saturated rings. The molecule has 1 saturated heterocycles. The fraction of sp³-hybridized carbons (Fsp3) is 0.200. The molecule has 0 saturated carbocycles. The molecule has 7 heteroatoms. The molecule has 1 N–H and O–H groups in total. The van der Waals surface area contributed by atoms with E-state index in [4.69, 9.17) is 16.6 Å². The lowest BCUT2D eigenvalue weighted by Gasteiger charge is -2.27. The van der Waals surface area contributed by atoms with Crippen molar-refractivity contribution >= 4 is 33.3 Å². The van der Waals surface area contributed by atoms with Crippen molar-refractivity contribution in [2.45, 2.75) is 32.5 Å². The van der Waals surface area contributed by atoms with Gasteiger partial charge in [0.2, 0.25) is 0 Å². The number of para-hydroxylation sites is 1. The second-order valence-corrected chi connectivity index (χ2v) is 9.19. The van der Waals surface area contributed by atoms with Crippen LogP contribution in [0.4, 0.5) is 0 Å². The van der Waals surface area contributed by atoms with Crippen LogP contribution in [0.1, 0.15) is 40.5 Å². The molecule has 3 aromatic heterocycles. The van der Waals surface area contributed by atoms with E-state index in [-0.39, 0.29) is 12.1 Å². The van der Waals surface area contributed by atoms with Crippen molar-refractivity contribution in [1.29, 1.82) is 0 Å². The SMILES string of the molecule is Cc1cc(C2C(c3ccccn3)NC(=S)N2Cc2ccco2)c(C)n1-c1ccccc1Br. The van der Waals surface area contributed by atoms with Crippen LogP contribution >= 0.6 is 28.1 Å². The van der Waals surface area contributed by atoms with Crippen molar-refractivity contribution in [3.8, 4) is 5.69 Å². The largest absolute Gasteiger partial charge is 0.467 e. The quantitative estimate of drug-likeness (QED) is 0.335. The first-order valence-electron chi connectivity index (χ1n) is 10.5. The van der Waals surface area contributed by atoms with Gasteiger partial charge in [-0.2, -0.15) is 0 Å². The van der Waals surface area contributed by atoms with Crippen LogP contribution in [0.15, 0.2) is 82.0 Å². The van der Waals surface area contributed by atoms with Gasteiger partial charge in [-0.1, -0.05) is 18.2 Å². The van der Waals surface area contributed by atoms with Gasteiger partial charge in [-0.05, 0) is 90.0 Å². The van der Waals surface area contributed by atoms with Gasteiger partial charge in [-0.3, -0.25) is 4.98 Å². The number of hydrogen-bond donors (Lipinski definition) is 1. The molecule has 2 unspecified atom stereocenters. The second kappa shape index (κ2) is 8.56. The molecule has 4 heterocycles. The van der Waals surface area contributed by atoms with E-state index in [0.29, 0.717) is 11.7 Å². The number of hydrogen-bond acceptors (Lipinski definition) is 3. The molecular formula is C25H23BrN4OS. The molecular weight excluding hydrogens is 484 g/mol. The van der Waals surface area contributed by atoms with E-state index in [1.807, 2.05) is 36.5 Å². The summed E-state index contributed by atoms with van der Waals surface area (Å²) in [5.74, 6) is 0.875. The molecule has 0 amide bonds. The van der Waals surface area contributed by atoms with Crippen molar-refractivity contribution in [1.82, 2.24) is 19.8 Å². The number of nitrogens with zero attached hydrogens (tertiary/aromatic N) is 3. The lowest BCUT2D eigenvalue weighted by molar-refractivity contribution is 0.286. The Kier molecular flexibility index (Phi) is 5.61. The first-order valence-corrected chi connectivity index (χ1v) is 11.7. The van der Waals surface area contributed by atoms with Crippen LogP contribution in [0.3, 0.4) is 0 Å². The van der Waals surface area contributed by atoms with Crippen molar-refractivity contribution in [3.63, 3.8) is 0 Å². The third-order valence-corrected chi connectivity index (χ3v) is 7.01. The summed E-state index contributed by atoms with van der Waals surface area (Å²) in [4.78, 5) is 6.86. The van der Waals surface area contributed by atoms with Crippen molar-refractivity contribution in [2.75, 3.05) is 0 Å². The minimum absolute atomic E-state index is 0.0232. The Bertz CT molecular complexity index is 1250. The highest BCUT2D eigenvalue weighted by molar-refractivity contribution is 9.10. The Morgan fingerprint density at radius 1 is 1.09 bits per heavy atom. The normalized spacial score (nSPS) is 18.2. The molecule has 0 radical (unpaired) electrons. The van der Waals surface area contributed by atoms with Gasteiger partial charge in [0.1, 0.15) is 5.76 Å². The van der Waals surface area contributed by atoms with Gasteiger partial charge in [0.05, 0.1) is 36.3 Å². The summed E-state index contributed by atoms with van der Waals surface area (Å²) >= 11 is 9.51. The second-order valence-electron chi connectivity index (χ2n) is 7.95. The van der Waals surface area contributed by atoms with Crippen LogP contribution in [0.2, 0.25) is 0 Å². The average Bonchev–Trinajstić information content (AvgIpc) is 3.49. The summed E-state index contributed by atoms with van der Waals surface area (Å²) in [6.45, 7) is 4.90. The minimum atomic E-state index is -0.0631. The zero-order valence-corrected chi connectivity index (χ0v) is 20.2. The van der Waals surface area contributed by atoms with E-state index in [2.05, 4.69) is 79.9 Å². The van der Waals surface area contributed by atoms with Gasteiger partial charge < -0.3 is 19.2 Å². The van der Waals surface area contributed by atoms with Gasteiger partial charge in [-0.15, -0.1) is 0 Å². The van der Waals surface area contributed by atoms with Crippen LogP contribution in [-0.4, -0.2) is 19.6 Å². The fourth-order valence-corrected chi connectivity index (χ4v) is 5.34. The number of benzene rings is 1. The maximum atomic E-state index is 5.80. The lowest BCUT2D eigenvalue weighted by Crippen LogP contribution is -2.29. The summed E-state index contributed by atoms with van der Waals surface area (Å²) < 4.78 is 9.01. The highest BCUT2D eigenvalue weighted by Gasteiger charge is 2.41. The molecule has 1 aliphatic heterocycles. The standard InChI is InChI=1S/C25H23BrN4OS/c1-16-14-19(17(2)30(16)22-11-4-3-9-20(22)26)24-23(21-10-5-6-12-27-21)28-25(32)29(24)15-18-8-7-13-31-18/h3-14,23-24H,15H2,1-2H3,(H,28,32). The number of aromatic nitrogens is 2. The van der Waals surface area contributed by atoms with Crippen molar-refractivity contribution < 1.29 is 4.42 Å². The molecule has 162 valence electrons. The van der Waals surface area contributed by atoms with E-state index >= 15 is 0 Å². The average molecular weight is 507 g/mol. The van der Waals surface area contributed by atoms with E-state index in [1.165, 1.54) is 17.0 Å². The van der Waals surface area contributed by atoms with Crippen LogP contribution in [-0.2, 0) is 6.54 Å². The van der Waals surface area contributed by atoms with Gasteiger partial charge in [0, 0.05) is 22.1 Å². The molecule has 1 aromatic carbocycles. The van der Waals surface area contributed by atoms with Gasteiger partial charge in [-0.25, -0.2) is 0 Å². The predicted molar refractivity (Wildman–Crippen MR) is 133 cm³/mol. The van der Waals surface area contributed by atoms with Gasteiger partial charge in [0.25, 0.3) is 0 Å². The van der Waals surface area contributed by atoms with Crippen LogP contribution in [0.5, 0.6) is 0 Å². The Balaban J connectivity index is 1.64. The number of rotatable bonds is 5. The summed E-state index contributed by atoms with van der Waals surface area (Å²) in [5, 5.41) is 4.22. The molecule has 32 heavy (non-hydrogen) atoms.